The van der Waals surface area contributed by atoms with Crippen molar-refractivity contribution >= 4 is 23.1 Å². The van der Waals surface area contributed by atoms with Crippen LogP contribution in [0.1, 0.15) is 33.1 Å². The number of rotatable bonds is 8. The average Bonchev–Trinajstić information content (AvgIpc) is 2.54. The summed E-state index contributed by atoms with van der Waals surface area (Å²) in [6.45, 7) is 4.40. The molecule has 5 heteroatoms. The number of carbonyl (C=O) groups excluding carboxylic acids is 1. The number of nitrogens with one attached hydrogen (secondary N) is 2. The quantitative estimate of drug-likeness (QED) is 0.711. The van der Waals surface area contributed by atoms with E-state index in [2.05, 4.69) is 22.5 Å². The van der Waals surface area contributed by atoms with Crippen LogP contribution in [0.5, 0.6) is 5.75 Å². The number of aromatic nitrogens is 1. The van der Waals surface area contributed by atoms with Crippen LogP contribution in [0.25, 0.3) is 0 Å². The van der Waals surface area contributed by atoms with Gasteiger partial charge in [-0.2, -0.15) is 0 Å². The van der Waals surface area contributed by atoms with Crippen LogP contribution in [0, 0.1) is 0 Å². The minimum atomic E-state index is -0.109. The van der Waals surface area contributed by atoms with Crippen LogP contribution in [0.2, 0.25) is 0 Å². The molecule has 0 fully saturated rings. The molecule has 0 aliphatic carbocycles. The van der Waals surface area contributed by atoms with Gasteiger partial charge in [0.15, 0.2) is 0 Å². The lowest BCUT2D eigenvalue weighted by atomic mass is 10.2. The highest BCUT2D eigenvalue weighted by Crippen LogP contribution is 2.20. The number of amides is 1. The second-order valence-corrected chi connectivity index (χ2v) is 5.32. The van der Waals surface area contributed by atoms with Gasteiger partial charge in [0.05, 0.1) is 18.5 Å². The fourth-order valence-electron chi connectivity index (χ4n) is 2.07. The van der Waals surface area contributed by atoms with E-state index in [0.717, 1.165) is 30.3 Å². The predicted molar refractivity (Wildman–Crippen MR) is 93.3 cm³/mol. The van der Waals surface area contributed by atoms with Crippen LogP contribution in [0.3, 0.4) is 0 Å². The highest BCUT2D eigenvalue weighted by molar-refractivity contribution is 5.88. The number of carbonyl (C=O) groups is 1. The third kappa shape index (κ3) is 5.98. The monoisotopic (exact) mass is 313 g/mol. The molecule has 5 nitrogen and oxygen atoms in total. The molecule has 1 aromatic heterocycles. The number of ether oxygens (including phenoxy) is 1. The summed E-state index contributed by atoms with van der Waals surface area (Å²) in [5.74, 6) is 1.48. The van der Waals surface area contributed by atoms with Gasteiger partial charge in [-0.15, -0.1) is 0 Å². The first-order valence-corrected chi connectivity index (χ1v) is 7.91. The van der Waals surface area contributed by atoms with Gasteiger partial charge in [-0.3, -0.25) is 4.79 Å². The molecule has 0 unspecified atom stereocenters. The van der Waals surface area contributed by atoms with Gasteiger partial charge in [-0.1, -0.05) is 19.8 Å². The van der Waals surface area contributed by atoms with Crippen molar-refractivity contribution in [2.75, 3.05) is 17.2 Å². The Labute approximate surface area is 137 Å². The molecule has 0 aliphatic heterocycles. The Bertz CT molecular complexity index is 609. The molecular formula is C18H23N3O2. The minimum absolute atomic E-state index is 0.109. The Kier molecular flexibility index (Phi) is 6.41. The summed E-state index contributed by atoms with van der Waals surface area (Å²) in [5.41, 5.74) is 1.62. The zero-order valence-electron chi connectivity index (χ0n) is 13.6. The van der Waals surface area contributed by atoms with E-state index in [1.807, 2.05) is 36.4 Å². The smallest absolute Gasteiger partial charge is 0.221 e. The third-order valence-corrected chi connectivity index (χ3v) is 3.23. The first-order valence-electron chi connectivity index (χ1n) is 7.91. The standard InChI is InChI=1S/C18H23N3O2/c1-3-4-5-12-23-17-9-6-15(7-10-17)21-18-11-8-16(13-19-18)20-14(2)22/h6-11,13H,3-5,12H2,1-2H3,(H,19,21)(H,20,22). The van der Waals surface area contributed by atoms with Crippen LogP contribution in [0.4, 0.5) is 17.2 Å². The van der Waals surface area contributed by atoms with Gasteiger partial charge in [0.25, 0.3) is 0 Å². The Morgan fingerprint density at radius 3 is 2.43 bits per heavy atom. The largest absolute Gasteiger partial charge is 0.494 e. The second kappa shape index (κ2) is 8.78. The highest BCUT2D eigenvalue weighted by atomic mass is 16.5. The van der Waals surface area contributed by atoms with Crippen LogP contribution < -0.4 is 15.4 Å². The number of benzene rings is 1. The maximum Gasteiger partial charge on any atom is 0.221 e. The topological polar surface area (TPSA) is 63.2 Å². The number of hydrogen-bond acceptors (Lipinski definition) is 4. The zero-order valence-corrected chi connectivity index (χ0v) is 13.6. The van der Waals surface area contributed by atoms with E-state index in [9.17, 15) is 4.79 Å². The van der Waals surface area contributed by atoms with Gasteiger partial charge in [-0.05, 0) is 42.8 Å². The van der Waals surface area contributed by atoms with E-state index >= 15 is 0 Å². The predicted octanol–water partition coefficient (Wildman–Crippen LogP) is 4.35. The molecule has 1 amide bonds. The molecule has 0 bridgehead atoms. The lowest BCUT2D eigenvalue weighted by molar-refractivity contribution is -0.114. The number of unbranched alkanes of at least 4 members (excludes halogenated alkanes) is 2. The van der Waals surface area contributed by atoms with Crippen LogP contribution in [-0.2, 0) is 4.79 Å². The number of nitrogens with zero attached hydrogens (tertiary/aromatic N) is 1. The summed E-state index contributed by atoms with van der Waals surface area (Å²) in [4.78, 5) is 15.2. The maximum atomic E-state index is 11.0. The van der Waals surface area contributed by atoms with Crippen molar-refractivity contribution in [1.82, 2.24) is 4.98 Å². The first kappa shape index (κ1) is 16.8. The Morgan fingerprint density at radius 1 is 1.09 bits per heavy atom. The Balaban J connectivity index is 1.86. The van der Waals surface area contributed by atoms with E-state index in [1.165, 1.54) is 19.8 Å². The summed E-state index contributed by atoms with van der Waals surface area (Å²) < 4.78 is 5.68. The molecule has 2 rings (SSSR count). The molecule has 0 saturated heterocycles. The number of pyridine rings is 1. The van der Waals surface area contributed by atoms with Gasteiger partial charge in [-0.25, -0.2) is 4.98 Å². The van der Waals surface area contributed by atoms with Crippen molar-refractivity contribution in [3.05, 3.63) is 42.6 Å². The molecule has 1 aromatic carbocycles. The molecule has 0 radical (unpaired) electrons. The van der Waals surface area contributed by atoms with Gasteiger partial charge < -0.3 is 15.4 Å². The normalized spacial score (nSPS) is 10.2. The third-order valence-electron chi connectivity index (χ3n) is 3.23. The lowest BCUT2D eigenvalue weighted by Crippen LogP contribution is -2.06. The molecule has 23 heavy (non-hydrogen) atoms. The second-order valence-electron chi connectivity index (χ2n) is 5.32. The molecule has 0 atom stereocenters. The van der Waals surface area contributed by atoms with E-state index in [1.54, 1.807) is 6.20 Å². The van der Waals surface area contributed by atoms with Gasteiger partial charge in [0, 0.05) is 12.6 Å². The van der Waals surface area contributed by atoms with Gasteiger partial charge in [0.1, 0.15) is 11.6 Å². The number of anilines is 3. The fraction of sp³-hybridized carbons (Fsp3) is 0.333. The molecule has 2 aromatic rings. The van der Waals surface area contributed by atoms with Crippen LogP contribution >= 0.6 is 0 Å². The van der Waals surface area contributed by atoms with E-state index < -0.39 is 0 Å². The van der Waals surface area contributed by atoms with Crippen molar-refractivity contribution in [1.29, 1.82) is 0 Å². The molecular weight excluding hydrogens is 290 g/mol. The Morgan fingerprint density at radius 2 is 1.83 bits per heavy atom. The summed E-state index contributed by atoms with van der Waals surface area (Å²) in [6, 6.07) is 11.4. The highest BCUT2D eigenvalue weighted by Gasteiger charge is 2.00. The van der Waals surface area contributed by atoms with Crippen LogP contribution in [0.15, 0.2) is 42.6 Å². The van der Waals surface area contributed by atoms with Gasteiger partial charge in [0.2, 0.25) is 5.91 Å². The molecule has 1 heterocycles. The summed E-state index contributed by atoms with van der Waals surface area (Å²) in [6.07, 6.45) is 5.09. The van der Waals surface area contributed by atoms with Gasteiger partial charge >= 0.3 is 0 Å². The van der Waals surface area contributed by atoms with Crippen molar-refractivity contribution in [2.24, 2.45) is 0 Å². The SMILES string of the molecule is CCCCCOc1ccc(Nc2ccc(NC(C)=O)cn2)cc1. The Hall–Kier alpha value is -2.56. The fourth-order valence-corrected chi connectivity index (χ4v) is 2.07. The van der Waals surface area contributed by atoms with Crippen LogP contribution in [-0.4, -0.2) is 17.5 Å². The molecule has 0 saturated carbocycles. The maximum absolute atomic E-state index is 11.0. The number of hydrogen-bond donors (Lipinski definition) is 2. The summed E-state index contributed by atoms with van der Waals surface area (Å²) in [7, 11) is 0. The summed E-state index contributed by atoms with van der Waals surface area (Å²) >= 11 is 0. The van der Waals surface area contributed by atoms with E-state index in [4.69, 9.17) is 4.74 Å². The van der Waals surface area contributed by atoms with Crippen molar-refractivity contribution in [3.63, 3.8) is 0 Å². The van der Waals surface area contributed by atoms with Crippen molar-refractivity contribution < 1.29 is 9.53 Å². The van der Waals surface area contributed by atoms with E-state index in [0.29, 0.717) is 5.69 Å². The van der Waals surface area contributed by atoms with Crippen molar-refractivity contribution in [3.8, 4) is 5.75 Å². The molecule has 0 aliphatic rings. The van der Waals surface area contributed by atoms with E-state index in [-0.39, 0.29) is 5.91 Å². The zero-order chi connectivity index (χ0) is 16.5. The molecule has 122 valence electrons. The average molecular weight is 313 g/mol. The lowest BCUT2D eigenvalue weighted by Gasteiger charge is -2.09. The molecule has 2 N–H and O–H groups in total. The summed E-state index contributed by atoms with van der Waals surface area (Å²) in [5, 5.41) is 5.89. The first-order chi connectivity index (χ1) is 11.2. The molecule has 0 spiro atoms. The minimum Gasteiger partial charge on any atom is -0.494 e. The van der Waals surface area contributed by atoms with Crippen molar-refractivity contribution in [2.45, 2.75) is 33.1 Å².